The molecule has 0 fully saturated rings. The second-order valence-corrected chi connectivity index (χ2v) is 4.47. The summed E-state index contributed by atoms with van der Waals surface area (Å²) in [6, 6.07) is 11.0. The first kappa shape index (κ1) is 14.4. The van der Waals surface area contributed by atoms with Gasteiger partial charge in [0.25, 0.3) is 0 Å². The summed E-state index contributed by atoms with van der Waals surface area (Å²) in [7, 11) is 0. The molecule has 0 unspecified atom stereocenters. The predicted octanol–water partition coefficient (Wildman–Crippen LogP) is 2.92. The SMILES string of the molecule is Cc1cccc(C(=O)O)c1NC(=O)Nc1ccccc1N. The van der Waals surface area contributed by atoms with Crippen molar-refractivity contribution in [1.29, 1.82) is 0 Å². The maximum Gasteiger partial charge on any atom is 0.337 e. The number of anilines is 3. The molecule has 2 aromatic rings. The molecule has 0 bridgehead atoms. The number of urea groups is 1. The number of carbonyl (C=O) groups is 2. The Morgan fingerprint density at radius 2 is 1.76 bits per heavy atom. The number of amides is 2. The Morgan fingerprint density at radius 3 is 2.43 bits per heavy atom. The van der Waals surface area contributed by atoms with Gasteiger partial charge in [-0.05, 0) is 30.7 Å². The van der Waals surface area contributed by atoms with Gasteiger partial charge < -0.3 is 21.5 Å². The van der Waals surface area contributed by atoms with E-state index in [-0.39, 0.29) is 11.3 Å². The number of nitrogen functional groups attached to an aromatic ring is 1. The van der Waals surface area contributed by atoms with E-state index in [4.69, 9.17) is 10.8 Å². The van der Waals surface area contributed by atoms with Crippen LogP contribution in [0.5, 0.6) is 0 Å². The number of carboxylic acid groups (broad SMARTS) is 1. The van der Waals surface area contributed by atoms with Gasteiger partial charge in [0.2, 0.25) is 0 Å². The lowest BCUT2D eigenvalue weighted by molar-refractivity contribution is 0.0698. The summed E-state index contributed by atoms with van der Waals surface area (Å²) in [5, 5.41) is 14.3. The summed E-state index contributed by atoms with van der Waals surface area (Å²) in [6.07, 6.45) is 0. The molecule has 2 amide bonds. The summed E-state index contributed by atoms with van der Waals surface area (Å²) in [6.45, 7) is 1.72. The van der Waals surface area contributed by atoms with Gasteiger partial charge in [0.05, 0.1) is 22.6 Å². The predicted molar refractivity (Wildman–Crippen MR) is 81.6 cm³/mol. The monoisotopic (exact) mass is 285 g/mol. The lowest BCUT2D eigenvalue weighted by Gasteiger charge is -2.13. The van der Waals surface area contributed by atoms with E-state index >= 15 is 0 Å². The maximum absolute atomic E-state index is 12.0. The minimum atomic E-state index is -1.10. The van der Waals surface area contributed by atoms with E-state index < -0.39 is 12.0 Å². The van der Waals surface area contributed by atoms with Crippen LogP contribution < -0.4 is 16.4 Å². The van der Waals surface area contributed by atoms with Crippen molar-refractivity contribution in [2.24, 2.45) is 0 Å². The van der Waals surface area contributed by atoms with Crippen LogP contribution in [-0.4, -0.2) is 17.1 Å². The van der Waals surface area contributed by atoms with Gasteiger partial charge in [-0.25, -0.2) is 9.59 Å². The van der Waals surface area contributed by atoms with Crippen LogP contribution in [0.3, 0.4) is 0 Å². The molecule has 6 heteroatoms. The highest BCUT2D eigenvalue weighted by Gasteiger charge is 2.14. The lowest BCUT2D eigenvalue weighted by Crippen LogP contribution is -2.22. The summed E-state index contributed by atoms with van der Waals surface area (Å²) in [5.41, 5.74) is 7.57. The molecule has 6 nitrogen and oxygen atoms in total. The number of hydrogen-bond donors (Lipinski definition) is 4. The number of nitrogens with two attached hydrogens (primary N) is 1. The van der Waals surface area contributed by atoms with E-state index in [1.165, 1.54) is 6.07 Å². The summed E-state index contributed by atoms with van der Waals surface area (Å²) in [5.74, 6) is -1.10. The molecule has 0 spiro atoms. The largest absolute Gasteiger partial charge is 0.478 e. The second-order valence-electron chi connectivity index (χ2n) is 4.47. The molecule has 0 aromatic heterocycles. The van der Waals surface area contributed by atoms with Gasteiger partial charge in [-0.3, -0.25) is 0 Å². The summed E-state index contributed by atoms with van der Waals surface area (Å²) in [4.78, 5) is 23.2. The third-order valence-electron chi connectivity index (χ3n) is 2.95. The van der Waals surface area contributed by atoms with E-state index in [1.807, 2.05) is 0 Å². The van der Waals surface area contributed by atoms with Crippen molar-refractivity contribution in [2.75, 3.05) is 16.4 Å². The number of para-hydroxylation sites is 3. The molecule has 0 atom stereocenters. The molecule has 2 rings (SSSR count). The van der Waals surface area contributed by atoms with Crippen LogP contribution in [0.4, 0.5) is 21.9 Å². The highest BCUT2D eigenvalue weighted by molar-refractivity contribution is 6.06. The number of aryl methyl sites for hydroxylation is 1. The van der Waals surface area contributed by atoms with Crippen LogP contribution in [0.2, 0.25) is 0 Å². The Balaban J connectivity index is 2.21. The molecule has 0 saturated carbocycles. The number of hydrogen-bond acceptors (Lipinski definition) is 3. The van der Waals surface area contributed by atoms with Crippen molar-refractivity contribution in [3.05, 3.63) is 53.6 Å². The van der Waals surface area contributed by atoms with Crippen molar-refractivity contribution in [3.63, 3.8) is 0 Å². The minimum absolute atomic E-state index is 0.0335. The van der Waals surface area contributed by atoms with Gasteiger partial charge in [0.15, 0.2) is 0 Å². The molecule has 108 valence electrons. The Hall–Kier alpha value is -3.02. The Bertz CT molecular complexity index is 698. The lowest BCUT2D eigenvalue weighted by atomic mass is 10.1. The molecular weight excluding hydrogens is 270 g/mol. The highest BCUT2D eigenvalue weighted by Crippen LogP contribution is 2.22. The topological polar surface area (TPSA) is 104 Å². The van der Waals surface area contributed by atoms with Gasteiger partial charge in [0, 0.05) is 0 Å². The molecule has 2 aromatic carbocycles. The Morgan fingerprint density at radius 1 is 1.05 bits per heavy atom. The van der Waals surface area contributed by atoms with Crippen molar-refractivity contribution in [3.8, 4) is 0 Å². The highest BCUT2D eigenvalue weighted by atomic mass is 16.4. The smallest absolute Gasteiger partial charge is 0.337 e. The van der Waals surface area contributed by atoms with E-state index in [0.717, 1.165) is 0 Å². The number of aromatic carboxylic acids is 1. The number of carbonyl (C=O) groups excluding carboxylic acids is 1. The number of nitrogens with one attached hydrogen (secondary N) is 2. The molecule has 0 heterocycles. The van der Waals surface area contributed by atoms with E-state index in [0.29, 0.717) is 16.9 Å². The molecule has 21 heavy (non-hydrogen) atoms. The average molecular weight is 285 g/mol. The Labute approximate surface area is 121 Å². The first-order chi connectivity index (χ1) is 9.99. The van der Waals surface area contributed by atoms with Crippen molar-refractivity contribution in [2.45, 2.75) is 6.92 Å². The van der Waals surface area contributed by atoms with Gasteiger partial charge in [-0.15, -0.1) is 0 Å². The van der Waals surface area contributed by atoms with Crippen molar-refractivity contribution >= 4 is 29.1 Å². The van der Waals surface area contributed by atoms with Crippen molar-refractivity contribution in [1.82, 2.24) is 0 Å². The third-order valence-corrected chi connectivity index (χ3v) is 2.95. The molecular formula is C15H15N3O3. The summed E-state index contributed by atoms with van der Waals surface area (Å²) < 4.78 is 0. The fourth-order valence-electron chi connectivity index (χ4n) is 1.89. The first-order valence-electron chi connectivity index (χ1n) is 6.24. The summed E-state index contributed by atoms with van der Waals surface area (Å²) >= 11 is 0. The Kier molecular flexibility index (Phi) is 4.08. The van der Waals surface area contributed by atoms with Crippen LogP contribution >= 0.6 is 0 Å². The quantitative estimate of drug-likeness (QED) is 0.651. The maximum atomic E-state index is 12.0. The third kappa shape index (κ3) is 3.30. The molecule has 0 radical (unpaired) electrons. The second kappa shape index (κ2) is 5.96. The molecule has 0 aliphatic rings. The zero-order chi connectivity index (χ0) is 15.4. The normalized spacial score (nSPS) is 9.95. The molecule has 0 saturated heterocycles. The minimum Gasteiger partial charge on any atom is -0.478 e. The zero-order valence-corrected chi connectivity index (χ0v) is 11.4. The molecule has 0 aliphatic heterocycles. The van der Waals surface area contributed by atoms with E-state index in [1.54, 1.807) is 43.3 Å². The standard InChI is InChI=1S/C15H15N3O3/c1-9-5-4-6-10(14(19)20)13(9)18-15(21)17-12-8-3-2-7-11(12)16/h2-8H,16H2,1H3,(H,19,20)(H2,17,18,21). The van der Waals surface area contributed by atoms with E-state index in [9.17, 15) is 9.59 Å². The van der Waals surface area contributed by atoms with Gasteiger partial charge in [-0.1, -0.05) is 24.3 Å². The molecule has 0 aliphatic carbocycles. The number of carboxylic acids is 1. The van der Waals surface area contributed by atoms with Gasteiger partial charge >= 0.3 is 12.0 Å². The van der Waals surface area contributed by atoms with Crippen LogP contribution in [0, 0.1) is 6.92 Å². The zero-order valence-electron chi connectivity index (χ0n) is 11.4. The van der Waals surface area contributed by atoms with Crippen molar-refractivity contribution < 1.29 is 14.7 Å². The van der Waals surface area contributed by atoms with Crippen LogP contribution in [-0.2, 0) is 0 Å². The van der Waals surface area contributed by atoms with Crippen LogP contribution in [0.1, 0.15) is 15.9 Å². The number of benzene rings is 2. The number of rotatable bonds is 3. The van der Waals surface area contributed by atoms with Crippen LogP contribution in [0.15, 0.2) is 42.5 Å². The fraction of sp³-hybridized carbons (Fsp3) is 0.0667. The van der Waals surface area contributed by atoms with Gasteiger partial charge in [-0.2, -0.15) is 0 Å². The van der Waals surface area contributed by atoms with E-state index in [2.05, 4.69) is 10.6 Å². The fourth-order valence-corrected chi connectivity index (χ4v) is 1.89. The molecule has 5 N–H and O–H groups in total. The van der Waals surface area contributed by atoms with Crippen LogP contribution in [0.25, 0.3) is 0 Å². The first-order valence-corrected chi connectivity index (χ1v) is 6.24. The van der Waals surface area contributed by atoms with Gasteiger partial charge in [0.1, 0.15) is 0 Å². The average Bonchev–Trinajstić information content (AvgIpc) is 2.43.